The highest BCUT2D eigenvalue weighted by molar-refractivity contribution is 6.00. The van der Waals surface area contributed by atoms with E-state index in [0.29, 0.717) is 0 Å². The van der Waals surface area contributed by atoms with Crippen molar-refractivity contribution in [3.05, 3.63) is 113 Å². The summed E-state index contributed by atoms with van der Waals surface area (Å²) in [4.78, 5) is 26.7. The lowest BCUT2D eigenvalue weighted by atomic mass is 9.81. The van der Waals surface area contributed by atoms with E-state index in [4.69, 9.17) is 18.9 Å². The first-order valence-corrected chi connectivity index (χ1v) is 13.2. The Balaban J connectivity index is 1.69. The van der Waals surface area contributed by atoms with Gasteiger partial charge in [-0.05, 0) is 31.4 Å². The summed E-state index contributed by atoms with van der Waals surface area (Å²) in [5, 5.41) is 0. The number of fused-ring (bicyclic) bond motifs is 1. The van der Waals surface area contributed by atoms with Crippen molar-refractivity contribution in [2.75, 3.05) is 14.2 Å². The monoisotopic (exact) mass is 526 g/mol. The van der Waals surface area contributed by atoms with E-state index in [1.165, 1.54) is 14.2 Å². The van der Waals surface area contributed by atoms with Crippen molar-refractivity contribution in [3.8, 4) is 0 Å². The van der Waals surface area contributed by atoms with Crippen LogP contribution in [-0.4, -0.2) is 31.8 Å². The van der Waals surface area contributed by atoms with Gasteiger partial charge >= 0.3 is 11.9 Å². The van der Waals surface area contributed by atoms with Crippen molar-refractivity contribution in [2.24, 2.45) is 11.3 Å². The highest BCUT2D eigenvalue weighted by Gasteiger charge is 2.67. The highest BCUT2D eigenvalue weighted by atomic mass is 16.7. The quantitative estimate of drug-likeness (QED) is 0.278. The van der Waals surface area contributed by atoms with Crippen molar-refractivity contribution in [2.45, 2.75) is 44.7 Å². The van der Waals surface area contributed by atoms with Gasteiger partial charge in [0.1, 0.15) is 0 Å². The first-order chi connectivity index (χ1) is 18.8. The zero-order valence-electron chi connectivity index (χ0n) is 22.8. The van der Waals surface area contributed by atoms with Crippen LogP contribution in [0.4, 0.5) is 0 Å². The van der Waals surface area contributed by atoms with Crippen LogP contribution in [0.25, 0.3) is 6.08 Å². The largest absolute Gasteiger partial charge is 0.468 e. The molecule has 2 fully saturated rings. The summed E-state index contributed by atoms with van der Waals surface area (Å²) in [6.45, 7) is 4.06. The maximum Gasteiger partial charge on any atom is 0.323 e. The summed E-state index contributed by atoms with van der Waals surface area (Å²) >= 11 is 0. The summed E-state index contributed by atoms with van der Waals surface area (Å²) in [5.41, 5.74) is 2.48. The average molecular weight is 527 g/mol. The Morgan fingerprint density at radius 2 is 1.38 bits per heavy atom. The minimum absolute atomic E-state index is 0.0709. The molecule has 0 spiro atoms. The van der Waals surface area contributed by atoms with Gasteiger partial charge in [-0.2, -0.15) is 0 Å². The third-order valence-electron chi connectivity index (χ3n) is 8.00. The molecule has 6 heteroatoms. The third-order valence-corrected chi connectivity index (χ3v) is 8.00. The summed E-state index contributed by atoms with van der Waals surface area (Å²) in [6, 6.07) is 26.1. The number of carbonyl (C=O) groups is 2. The van der Waals surface area contributed by atoms with E-state index < -0.39 is 35.3 Å². The molecule has 0 N–H and O–H groups in total. The molecule has 3 aromatic carbocycles. The Kier molecular flexibility index (Phi) is 7.43. The molecule has 3 aromatic rings. The number of benzene rings is 3. The predicted octanol–water partition coefficient (Wildman–Crippen LogP) is 6.28. The van der Waals surface area contributed by atoms with E-state index in [0.717, 1.165) is 27.8 Å². The number of aryl methyl sites for hydroxylation is 2. The molecule has 2 aliphatic rings. The zero-order chi connectivity index (χ0) is 27.6. The summed E-state index contributed by atoms with van der Waals surface area (Å²) in [7, 11) is 2.59. The maximum atomic E-state index is 13.3. The number of ether oxygens (including phenoxy) is 4. The number of hydrogen-bond donors (Lipinski definition) is 0. The summed E-state index contributed by atoms with van der Waals surface area (Å²) in [6.07, 6.45) is 3.03. The third kappa shape index (κ3) is 5.02. The Morgan fingerprint density at radius 1 is 0.821 bits per heavy atom. The fraction of sp³-hybridized carbons (Fsp3) is 0.333. The highest BCUT2D eigenvalue weighted by Crippen LogP contribution is 2.61. The first kappa shape index (κ1) is 26.9. The van der Waals surface area contributed by atoms with Gasteiger partial charge in [0.25, 0.3) is 0 Å². The summed E-state index contributed by atoms with van der Waals surface area (Å²) in [5.74, 6) is -1.64. The van der Waals surface area contributed by atoms with Crippen LogP contribution in [0.15, 0.2) is 84.9 Å². The van der Waals surface area contributed by atoms with Gasteiger partial charge in [0, 0.05) is 17.9 Å². The molecule has 4 atom stereocenters. The average Bonchev–Trinajstić information content (AvgIpc) is 3.33. The van der Waals surface area contributed by atoms with Gasteiger partial charge in [0.15, 0.2) is 11.7 Å². The fourth-order valence-corrected chi connectivity index (χ4v) is 5.92. The normalized spacial score (nSPS) is 25.7. The molecule has 0 aromatic heterocycles. The molecular formula is C33H34O6. The number of hydrogen-bond acceptors (Lipinski definition) is 6. The van der Waals surface area contributed by atoms with Crippen LogP contribution in [0.5, 0.6) is 0 Å². The van der Waals surface area contributed by atoms with E-state index >= 15 is 0 Å². The molecule has 1 aliphatic heterocycles. The lowest BCUT2D eigenvalue weighted by Crippen LogP contribution is -2.46. The van der Waals surface area contributed by atoms with Crippen LogP contribution in [-0.2, 0) is 28.5 Å². The van der Waals surface area contributed by atoms with Crippen molar-refractivity contribution in [1.82, 2.24) is 0 Å². The van der Waals surface area contributed by atoms with Crippen molar-refractivity contribution < 1.29 is 28.5 Å². The second-order valence-electron chi connectivity index (χ2n) is 10.6. The van der Waals surface area contributed by atoms with Crippen LogP contribution < -0.4 is 0 Å². The number of carbonyl (C=O) groups excluding carboxylic acids is 2. The zero-order valence-corrected chi connectivity index (χ0v) is 22.8. The molecule has 0 amide bonds. The van der Waals surface area contributed by atoms with E-state index in [1.54, 1.807) is 0 Å². The lowest BCUT2D eigenvalue weighted by Gasteiger charge is -2.46. The van der Waals surface area contributed by atoms with Gasteiger partial charge in [-0.1, -0.05) is 102 Å². The van der Waals surface area contributed by atoms with E-state index in [9.17, 15) is 9.59 Å². The molecule has 6 nitrogen and oxygen atoms in total. The van der Waals surface area contributed by atoms with Crippen molar-refractivity contribution in [3.63, 3.8) is 0 Å². The Labute approximate surface area is 229 Å². The fourth-order valence-electron chi connectivity index (χ4n) is 5.92. The molecule has 1 saturated heterocycles. The minimum Gasteiger partial charge on any atom is -0.468 e. The van der Waals surface area contributed by atoms with Gasteiger partial charge in [-0.3, -0.25) is 9.59 Å². The molecule has 39 heavy (non-hydrogen) atoms. The van der Waals surface area contributed by atoms with Gasteiger partial charge in [-0.15, -0.1) is 0 Å². The molecule has 1 heterocycles. The van der Waals surface area contributed by atoms with Gasteiger partial charge in [0.2, 0.25) is 0 Å². The molecule has 1 aliphatic carbocycles. The topological polar surface area (TPSA) is 71.1 Å². The van der Waals surface area contributed by atoms with E-state index in [-0.39, 0.29) is 18.8 Å². The second kappa shape index (κ2) is 10.8. The van der Waals surface area contributed by atoms with Crippen molar-refractivity contribution in [1.29, 1.82) is 0 Å². The Morgan fingerprint density at radius 3 is 1.95 bits per heavy atom. The summed E-state index contributed by atoms with van der Waals surface area (Å²) < 4.78 is 23.9. The first-order valence-electron chi connectivity index (χ1n) is 13.2. The molecule has 0 unspecified atom stereocenters. The second-order valence-corrected chi connectivity index (χ2v) is 10.6. The number of methoxy groups -OCH3 is 2. The van der Waals surface area contributed by atoms with Crippen LogP contribution in [0.3, 0.4) is 0 Å². The van der Waals surface area contributed by atoms with Crippen LogP contribution in [0.1, 0.15) is 53.1 Å². The van der Waals surface area contributed by atoms with Crippen LogP contribution in [0.2, 0.25) is 0 Å². The minimum atomic E-state index is -1.54. The SMILES string of the molecule is COC(=O)C1(C(=O)OC)C[C@H]2[C@@H](c3ccc(C)cc3)O[C@@H](c3ccc(C)cc3)O[C@@]2(/C=C/c2ccccc2)C1. The molecular weight excluding hydrogens is 492 g/mol. The molecule has 202 valence electrons. The van der Waals surface area contributed by atoms with Crippen molar-refractivity contribution >= 4 is 18.0 Å². The van der Waals surface area contributed by atoms with E-state index in [2.05, 4.69) is 0 Å². The standard InChI is InChI=1S/C33H34O6/c1-22-10-14-25(15-11-22)28-27-20-32(30(34)36-3,31(35)37-4)21-33(27,19-18-24-8-6-5-7-9-24)39-29(38-28)26-16-12-23(2)13-17-26/h5-19,27-29H,20-21H2,1-4H3/b19-18+/t27-,28+,29+,33-/m0/s1. The molecule has 0 bridgehead atoms. The smallest absolute Gasteiger partial charge is 0.323 e. The van der Waals surface area contributed by atoms with Crippen LogP contribution >= 0.6 is 0 Å². The van der Waals surface area contributed by atoms with Crippen LogP contribution in [0, 0.1) is 25.2 Å². The molecule has 5 rings (SSSR count). The predicted molar refractivity (Wildman–Crippen MR) is 147 cm³/mol. The van der Waals surface area contributed by atoms with Gasteiger partial charge < -0.3 is 18.9 Å². The lowest BCUT2D eigenvalue weighted by molar-refractivity contribution is -0.296. The van der Waals surface area contributed by atoms with Gasteiger partial charge in [0.05, 0.1) is 25.9 Å². The number of esters is 2. The van der Waals surface area contributed by atoms with E-state index in [1.807, 2.05) is 105 Å². The van der Waals surface area contributed by atoms with Gasteiger partial charge in [-0.25, -0.2) is 0 Å². The Hall–Kier alpha value is -3.74. The molecule has 1 saturated carbocycles. The molecule has 0 radical (unpaired) electrons. The maximum absolute atomic E-state index is 13.3. The Bertz CT molecular complexity index is 1330. The number of rotatable bonds is 6.